The quantitative estimate of drug-likeness (QED) is 0.200. The topological polar surface area (TPSA) is 235 Å². The summed E-state index contributed by atoms with van der Waals surface area (Å²) >= 11 is 0. The average Bonchev–Trinajstić information content (AvgIpc) is 3.76. The standard InChI is InChI=1S/C25H33N3O5.C13H13N3O3.C11H19NO3/c1-25(2,3)33-24(32)27-12-10-16(11-13-27)4-5-17-6-7-19-18(14-17)15-28(23(19)31)20-8-9-21(29)26-22(20)30;14-8-1-2-9-7(5-8)6-16(13(9)19)10-3-4-11(17)15-12(10)18;1-11(2,3)15-10(14)12-6-4-9(8-13)5-7-12/h6-7,14,16,20H,4-5,8-13,15H2,1-3H3,(H,26,29,30);1-2,5,10H,3-4,6,14H2,(H,15,17,18);8-9H,4-7H2,1-3H3. The summed E-state index contributed by atoms with van der Waals surface area (Å²) in [6.07, 6.45) is 7.13. The summed E-state index contributed by atoms with van der Waals surface area (Å²) in [5.41, 5.74) is 9.55. The molecule has 0 aliphatic carbocycles. The molecule has 0 radical (unpaired) electrons. The number of amides is 8. The number of piperidine rings is 4. The van der Waals surface area contributed by atoms with Gasteiger partial charge in [0.1, 0.15) is 29.6 Å². The molecule has 2 aromatic rings. The van der Waals surface area contributed by atoms with Gasteiger partial charge in [0, 0.05) is 74.8 Å². The Morgan fingerprint density at radius 1 is 0.657 bits per heavy atom. The van der Waals surface area contributed by atoms with Crippen LogP contribution in [-0.2, 0) is 53.0 Å². The Balaban J connectivity index is 0.000000184. The monoisotopic (exact) mass is 927 g/mol. The molecule has 8 rings (SSSR count). The van der Waals surface area contributed by atoms with Crippen molar-refractivity contribution in [2.24, 2.45) is 11.8 Å². The van der Waals surface area contributed by atoms with Crippen molar-refractivity contribution in [2.45, 2.75) is 142 Å². The molecule has 8 amide bonds. The van der Waals surface area contributed by atoms with Crippen LogP contribution in [0.5, 0.6) is 0 Å². The number of carbonyl (C=O) groups is 9. The number of imide groups is 2. The Morgan fingerprint density at radius 3 is 1.55 bits per heavy atom. The molecule has 0 aromatic heterocycles. The third-order valence-corrected chi connectivity index (χ3v) is 12.6. The van der Waals surface area contributed by atoms with E-state index in [1.54, 1.807) is 32.9 Å². The molecule has 18 nitrogen and oxygen atoms in total. The van der Waals surface area contributed by atoms with Gasteiger partial charge in [0.2, 0.25) is 23.6 Å². The van der Waals surface area contributed by atoms with Gasteiger partial charge in [0.25, 0.3) is 11.8 Å². The van der Waals surface area contributed by atoms with E-state index in [2.05, 4.69) is 16.7 Å². The van der Waals surface area contributed by atoms with E-state index in [1.807, 2.05) is 53.7 Å². The lowest BCUT2D eigenvalue weighted by Gasteiger charge is -2.33. The van der Waals surface area contributed by atoms with Crippen molar-refractivity contribution in [3.05, 3.63) is 64.2 Å². The normalized spacial score (nSPS) is 21.3. The molecule has 4 N–H and O–H groups in total. The van der Waals surface area contributed by atoms with Crippen LogP contribution in [0.2, 0.25) is 0 Å². The van der Waals surface area contributed by atoms with Crippen LogP contribution >= 0.6 is 0 Å². The summed E-state index contributed by atoms with van der Waals surface area (Å²) in [7, 11) is 0. The van der Waals surface area contributed by atoms with Crippen molar-refractivity contribution in [1.29, 1.82) is 0 Å². The first-order valence-electron chi connectivity index (χ1n) is 23.3. The first kappa shape index (κ1) is 50.1. The van der Waals surface area contributed by atoms with E-state index in [0.29, 0.717) is 61.8 Å². The van der Waals surface area contributed by atoms with Gasteiger partial charge in [0.05, 0.1) is 0 Å². The second-order valence-electron chi connectivity index (χ2n) is 20.1. The molecule has 0 bridgehead atoms. The molecule has 4 saturated heterocycles. The van der Waals surface area contributed by atoms with Crippen molar-refractivity contribution in [3.8, 4) is 0 Å². The number of ether oxygens (including phenoxy) is 2. The SMILES string of the molecule is CC(C)(C)OC(=O)N1CCC(C=O)CC1.CC(C)(C)OC(=O)N1CCC(CCc2ccc3c(c2)CN(C2CCC(=O)NC2=O)C3=O)CC1.Nc1ccc2c(c1)CN(C1CCC(=O)NC1=O)C2=O. The fraction of sp³-hybridized carbons (Fsp3) is 0.571. The zero-order valence-corrected chi connectivity index (χ0v) is 39.5. The first-order valence-corrected chi connectivity index (χ1v) is 23.3. The Bertz CT molecular complexity index is 2250. The molecule has 2 aromatic carbocycles. The number of nitrogens with two attached hydrogens (primary N) is 1. The van der Waals surface area contributed by atoms with Gasteiger partial charge in [-0.2, -0.15) is 0 Å². The second kappa shape index (κ2) is 21.1. The molecule has 6 aliphatic rings. The Hall–Kier alpha value is -6.33. The highest BCUT2D eigenvalue weighted by molar-refractivity contribution is 6.06. The largest absolute Gasteiger partial charge is 0.444 e. The van der Waals surface area contributed by atoms with E-state index < -0.39 is 29.2 Å². The Kier molecular flexibility index (Phi) is 15.8. The summed E-state index contributed by atoms with van der Waals surface area (Å²) in [6, 6.07) is 9.89. The average molecular weight is 928 g/mol. The van der Waals surface area contributed by atoms with E-state index in [-0.39, 0.29) is 60.5 Å². The molecular formula is C49H65N7O11. The van der Waals surface area contributed by atoms with Crippen LogP contribution in [0.25, 0.3) is 0 Å². The molecule has 0 saturated carbocycles. The Morgan fingerprint density at radius 2 is 1.10 bits per heavy atom. The predicted octanol–water partition coefficient (Wildman–Crippen LogP) is 4.89. The van der Waals surface area contributed by atoms with Crippen molar-refractivity contribution in [1.82, 2.24) is 30.2 Å². The number of hydrogen-bond donors (Lipinski definition) is 3. The number of benzene rings is 2. The maximum atomic E-state index is 12.8. The number of aryl methyl sites for hydroxylation is 1. The number of hydrogen-bond acceptors (Lipinski definition) is 12. The maximum absolute atomic E-state index is 12.8. The van der Waals surface area contributed by atoms with Gasteiger partial charge < -0.3 is 39.6 Å². The van der Waals surface area contributed by atoms with E-state index in [9.17, 15) is 43.2 Å². The highest BCUT2D eigenvalue weighted by Gasteiger charge is 2.40. The molecule has 6 aliphatic heterocycles. The fourth-order valence-electron chi connectivity index (χ4n) is 9.02. The zero-order valence-electron chi connectivity index (χ0n) is 39.5. The van der Waals surface area contributed by atoms with Crippen LogP contribution in [0.15, 0.2) is 36.4 Å². The number of fused-ring (bicyclic) bond motifs is 2. The number of nitrogens with one attached hydrogen (secondary N) is 2. The minimum Gasteiger partial charge on any atom is -0.444 e. The molecule has 18 heteroatoms. The van der Waals surface area contributed by atoms with E-state index in [0.717, 1.165) is 69.0 Å². The number of nitrogen functional groups attached to an aromatic ring is 1. The first-order chi connectivity index (χ1) is 31.6. The smallest absolute Gasteiger partial charge is 0.410 e. The molecule has 0 spiro atoms. The number of aldehydes is 1. The van der Waals surface area contributed by atoms with Gasteiger partial charge in [-0.15, -0.1) is 0 Å². The van der Waals surface area contributed by atoms with Crippen molar-refractivity contribution >= 4 is 59.6 Å². The minimum absolute atomic E-state index is 0.115. The number of anilines is 1. The van der Waals surface area contributed by atoms with Crippen LogP contribution in [0, 0.1) is 11.8 Å². The summed E-state index contributed by atoms with van der Waals surface area (Å²) in [5.74, 6) is -0.989. The number of nitrogens with zero attached hydrogens (tertiary/aromatic N) is 4. The van der Waals surface area contributed by atoms with Crippen molar-refractivity contribution in [3.63, 3.8) is 0 Å². The molecular weight excluding hydrogens is 863 g/mol. The van der Waals surface area contributed by atoms with E-state index in [1.165, 1.54) is 10.5 Å². The lowest BCUT2D eigenvalue weighted by molar-refractivity contribution is -0.138. The fourth-order valence-corrected chi connectivity index (χ4v) is 9.02. The number of likely N-dealkylation sites (tertiary alicyclic amines) is 2. The van der Waals surface area contributed by atoms with E-state index in [4.69, 9.17) is 15.2 Å². The highest BCUT2D eigenvalue weighted by Crippen LogP contribution is 2.31. The van der Waals surface area contributed by atoms with E-state index >= 15 is 0 Å². The lowest BCUT2D eigenvalue weighted by Crippen LogP contribution is -2.52. The van der Waals surface area contributed by atoms with Crippen molar-refractivity contribution in [2.75, 3.05) is 31.9 Å². The number of carbonyl (C=O) groups excluding carboxylic acids is 9. The summed E-state index contributed by atoms with van der Waals surface area (Å²) in [4.78, 5) is 113. The van der Waals surface area contributed by atoms with Gasteiger partial charge in [-0.1, -0.05) is 12.1 Å². The lowest BCUT2D eigenvalue weighted by atomic mass is 9.90. The van der Waals surface area contributed by atoms with Gasteiger partial charge in [-0.25, -0.2) is 9.59 Å². The van der Waals surface area contributed by atoms with Gasteiger partial charge >= 0.3 is 12.2 Å². The Labute approximate surface area is 391 Å². The van der Waals surface area contributed by atoms with Crippen LogP contribution in [0.4, 0.5) is 15.3 Å². The molecule has 6 heterocycles. The second-order valence-corrected chi connectivity index (χ2v) is 20.1. The van der Waals surface area contributed by atoms with Crippen LogP contribution in [0.1, 0.15) is 137 Å². The van der Waals surface area contributed by atoms with Crippen molar-refractivity contribution < 1.29 is 52.6 Å². The van der Waals surface area contributed by atoms with Crippen LogP contribution < -0.4 is 16.4 Å². The maximum Gasteiger partial charge on any atom is 0.410 e. The third kappa shape index (κ3) is 13.2. The van der Waals surface area contributed by atoms with Gasteiger partial charge in [0.15, 0.2) is 0 Å². The van der Waals surface area contributed by atoms with Gasteiger partial charge in [-0.3, -0.25) is 39.4 Å². The highest BCUT2D eigenvalue weighted by atomic mass is 16.6. The molecule has 67 heavy (non-hydrogen) atoms. The molecule has 2 atom stereocenters. The zero-order chi connectivity index (χ0) is 48.8. The number of rotatable bonds is 6. The summed E-state index contributed by atoms with van der Waals surface area (Å²) < 4.78 is 10.7. The molecule has 362 valence electrons. The van der Waals surface area contributed by atoms with Crippen LogP contribution in [0.3, 0.4) is 0 Å². The van der Waals surface area contributed by atoms with Gasteiger partial charge in [-0.05, 0) is 140 Å². The molecule has 2 unspecified atom stereocenters. The third-order valence-electron chi connectivity index (χ3n) is 12.6. The summed E-state index contributed by atoms with van der Waals surface area (Å²) in [6.45, 7) is 14.7. The predicted molar refractivity (Wildman–Crippen MR) is 245 cm³/mol. The minimum atomic E-state index is -0.582. The summed E-state index contributed by atoms with van der Waals surface area (Å²) in [5, 5.41) is 4.61. The van der Waals surface area contributed by atoms with Crippen LogP contribution in [-0.4, -0.2) is 123 Å². The molecule has 4 fully saturated rings.